The summed E-state index contributed by atoms with van der Waals surface area (Å²) in [5.74, 6) is -0.767. The Balaban J connectivity index is 1.36. The van der Waals surface area contributed by atoms with Gasteiger partial charge in [0.2, 0.25) is 15.9 Å². The molecule has 0 N–H and O–H groups in total. The molecule has 4 rings (SSSR count). The highest BCUT2D eigenvalue weighted by Gasteiger charge is 2.36. The van der Waals surface area contributed by atoms with Crippen LogP contribution in [0.2, 0.25) is 0 Å². The van der Waals surface area contributed by atoms with Crippen molar-refractivity contribution in [3.63, 3.8) is 0 Å². The lowest BCUT2D eigenvalue weighted by atomic mass is 9.96. The Hall–Kier alpha value is -2.91. The van der Waals surface area contributed by atoms with Gasteiger partial charge in [-0.25, -0.2) is 13.2 Å². The standard InChI is InChI=1S/C26H33N3O5S/c1-19-7-6-9-23(20(19)2)27-15-17-28(18-16-27)25(30)21-11-13-29(14-12-21)35(32,33)24-10-5-4-8-22(24)26(31)34-3/h4-10,21H,11-18H2,1-3H3. The second-order valence-corrected chi connectivity index (χ2v) is 11.1. The molecule has 2 heterocycles. The molecule has 0 aliphatic carbocycles. The fraction of sp³-hybridized carbons (Fsp3) is 0.462. The number of carbonyl (C=O) groups excluding carboxylic acids is 2. The normalized spacial score (nSPS) is 17.9. The van der Waals surface area contributed by atoms with Crippen LogP contribution in [-0.4, -0.2) is 75.9 Å². The van der Waals surface area contributed by atoms with Gasteiger partial charge in [-0.05, 0) is 56.0 Å². The Bertz CT molecular complexity index is 1200. The maximum atomic E-state index is 13.2. The molecule has 2 aliphatic heterocycles. The number of nitrogens with zero attached hydrogens (tertiary/aromatic N) is 3. The topological polar surface area (TPSA) is 87.2 Å². The fourth-order valence-corrected chi connectivity index (χ4v) is 6.61. The quantitative estimate of drug-likeness (QED) is 0.588. The van der Waals surface area contributed by atoms with Crippen molar-refractivity contribution in [2.45, 2.75) is 31.6 Å². The fourth-order valence-electron chi connectivity index (χ4n) is 4.96. The van der Waals surface area contributed by atoms with Crippen molar-refractivity contribution < 1.29 is 22.7 Å². The van der Waals surface area contributed by atoms with Gasteiger partial charge in [0.05, 0.1) is 17.6 Å². The molecular formula is C26H33N3O5S. The molecule has 0 unspecified atom stereocenters. The van der Waals surface area contributed by atoms with Crippen LogP contribution in [0.4, 0.5) is 5.69 Å². The molecule has 8 nitrogen and oxygen atoms in total. The van der Waals surface area contributed by atoms with Gasteiger partial charge >= 0.3 is 5.97 Å². The first-order valence-corrected chi connectivity index (χ1v) is 13.5. The average Bonchev–Trinajstić information content (AvgIpc) is 2.89. The molecule has 0 saturated carbocycles. The molecule has 1 amide bonds. The molecule has 0 atom stereocenters. The lowest BCUT2D eigenvalue weighted by Crippen LogP contribution is -2.52. The summed E-state index contributed by atoms with van der Waals surface area (Å²) in [4.78, 5) is 29.5. The molecule has 2 fully saturated rings. The Labute approximate surface area is 207 Å². The van der Waals surface area contributed by atoms with Crippen LogP contribution >= 0.6 is 0 Å². The van der Waals surface area contributed by atoms with Gasteiger partial charge in [0.15, 0.2) is 0 Å². The van der Waals surface area contributed by atoms with Gasteiger partial charge in [0.1, 0.15) is 0 Å². The summed E-state index contributed by atoms with van der Waals surface area (Å²) in [5.41, 5.74) is 3.78. The summed E-state index contributed by atoms with van der Waals surface area (Å²) < 4.78 is 32.6. The maximum Gasteiger partial charge on any atom is 0.339 e. The molecular weight excluding hydrogens is 466 g/mol. The van der Waals surface area contributed by atoms with Crippen LogP contribution in [0, 0.1) is 19.8 Å². The molecule has 2 aromatic carbocycles. The largest absolute Gasteiger partial charge is 0.465 e. The first kappa shape index (κ1) is 25.2. The van der Waals surface area contributed by atoms with E-state index in [1.165, 1.54) is 40.4 Å². The highest BCUT2D eigenvalue weighted by atomic mass is 32.2. The lowest BCUT2D eigenvalue weighted by molar-refractivity contribution is -0.137. The second kappa shape index (κ2) is 10.4. The van der Waals surface area contributed by atoms with Crippen molar-refractivity contribution >= 4 is 27.6 Å². The summed E-state index contributed by atoms with van der Waals surface area (Å²) in [5, 5.41) is 0. The zero-order valence-corrected chi connectivity index (χ0v) is 21.4. The molecule has 2 saturated heterocycles. The number of hydrogen-bond acceptors (Lipinski definition) is 6. The van der Waals surface area contributed by atoms with Crippen LogP contribution in [-0.2, 0) is 19.6 Å². The van der Waals surface area contributed by atoms with E-state index in [4.69, 9.17) is 4.74 Å². The number of piperazine rings is 1. The smallest absolute Gasteiger partial charge is 0.339 e. The van der Waals surface area contributed by atoms with E-state index in [0.717, 1.165) is 13.1 Å². The third-order valence-electron chi connectivity index (χ3n) is 7.22. The van der Waals surface area contributed by atoms with Crippen molar-refractivity contribution in [3.8, 4) is 0 Å². The Kier molecular flexibility index (Phi) is 7.47. The van der Waals surface area contributed by atoms with Crippen LogP contribution in [0.1, 0.15) is 34.3 Å². The number of ether oxygens (including phenoxy) is 1. The van der Waals surface area contributed by atoms with E-state index in [9.17, 15) is 18.0 Å². The minimum atomic E-state index is -3.87. The molecule has 0 radical (unpaired) electrons. The van der Waals surface area contributed by atoms with Crippen molar-refractivity contribution in [1.29, 1.82) is 0 Å². The van der Waals surface area contributed by atoms with Crippen LogP contribution in [0.25, 0.3) is 0 Å². The minimum Gasteiger partial charge on any atom is -0.465 e. The molecule has 188 valence electrons. The Morgan fingerprint density at radius 2 is 1.54 bits per heavy atom. The van der Waals surface area contributed by atoms with Gasteiger partial charge in [-0.2, -0.15) is 4.31 Å². The number of esters is 1. The molecule has 9 heteroatoms. The highest BCUT2D eigenvalue weighted by Crippen LogP contribution is 2.28. The van der Waals surface area contributed by atoms with Crippen molar-refractivity contribution in [3.05, 3.63) is 59.2 Å². The van der Waals surface area contributed by atoms with Gasteiger partial charge < -0.3 is 14.5 Å². The Morgan fingerprint density at radius 3 is 2.20 bits per heavy atom. The van der Waals surface area contributed by atoms with E-state index in [0.29, 0.717) is 25.9 Å². The number of anilines is 1. The maximum absolute atomic E-state index is 13.2. The zero-order chi connectivity index (χ0) is 25.2. The van der Waals surface area contributed by atoms with Gasteiger partial charge in [0.25, 0.3) is 0 Å². The van der Waals surface area contributed by atoms with E-state index in [1.807, 2.05) is 4.90 Å². The number of methoxy groups -OCH3 is 1. The summed E-state index contributed by atoms with van der Waals surface area (Å²) >= 11 is 0. The minimum absolute atomic E-state index is 0.0231. The van der Waals surface area contributed by atoms with Gasteiger partial charge in [-0.1, -0.05) is 24.3 Å². The van der Waals surface area contributed by atoms with Crippen molar-refractivity contribution in [2.24, 2.45) is 5.92 Å². The van der Waals surface area contributed by atoms with E-state index in [-0.39, 0.29) is 35.4 Å². The molecule has 2 aromatic rings. The average molecular weight is 500 g/mol. The van der Waals surface area contributed by atoms with Crippen molar-refractivity contribution in [2.75, 3.05) is 51.3 Å². The monoisotopic (exact) mass is 499 g/mol. The number of benzene rings is 2. The number of piperidine rings is 1. The summed E-state index contributed by atoms with van der Waals surface area (Å²) in [6, 6.07) is 12.4. The molecule has 35 heavy (non-hydrogen) atoms. The number of hydrogen-bond donors (Lipinski definition) is 0. The predicted octanol–water partition coefficient (Wildman–Crippen LogP) is 2.84. The number of sulfonamides is 1. The van der Waals surface area contributed by atoms with Crippen LogP contribution in [0.5, 0.6) is 0 Å². The molecule has 0 spiro atoms. The summed E-state index contributed by atoms with van der Waals surface area (Å²) in [6.07, 6.45) is 0.936. The Morgan fingerprint density at radius 1 is 0.886 bits per heavy atom. The predicted molar refractivity (Wildman–Crippen MR) is 134 cm³/mol. The van der Waals surface area contributed by atoms with Crippen LogP contribution < -0.4 is 4.90 Å². The van der Waals surface area contributed by atoms with Crippen LogP contribution in [0.15, 0.2) is 47.4 Å². The van der Waals surface area contributed by atoms with E-state index >= 15 is 0 Å². The zero-order valence-electron chi connectivity index (χ0n) is 20.6. The number of rotatable bonds is 5. The molecule has 0 bridgehead atoms. The first-order chi connectivity index (χ1) is 16.7. The van der Waals surface area contributed by atoms with E-state index < -0.39 is 16.0 Å². The number of amides is 1. The molecule has 2 aliphatic rings. The molecule has 0 aromatic heterocycles. The van der Waals surface area contributed by atoms with Gasteiger partial charge in [-0.3, -0.25) is 4.79 Å². The first-order valence-electron chi connectivity index (χ1n) is 12.0. The van der Waals surface area contributed by atoms with Gasteiger partial charge in [0, 0.05) is 50.9 Å². The SMILES string of the molecule is COC(=O)c1ccccc1S(=O)(=O)N1CCC(C(=O)N2CCN(c3cccc(C)c3C)CC2)CC1. The van der Waals surface area contributed by atoms with Gasteiger partial charge in [-0.15, -0.1) is 0 Å². The third kappa shape index (κ3) is 5.06. The number of aryl methyl sites for hydroxylation is 1. The summed E-state index contributed by atoms with van der Waals surface area (Å²) in [6.45, 7) is 7.63. The lowest BCUT2D eigenvalue weighted by Gasteiger charge is -2.39. The van der Waals surface area contributed by atoms with E-state index in [1.54, 1.807) is 12.1 Å². The number of carbonyl (C=O) groups is 2. The van der Waals surface area contributed by atoms with Crippen molar-refractivity contribution in [1.82, 2.24) is 9.21 Å². The highest BCUT2D eigenvalue weighted by molar-refractivity contribution is 7.89. The second-order valence-electron chi connectivity index (χ2n) is 9.20. The summed E-state index contributed by atoms with van der Waals surface area (Å²) in [7, 11) is -2.64. The van der Waals surface area contributed by atoms with Crippen LogP contribution in [0.3, 0.4) is 0 Å². The van der Waals surface area contributed by atoms with E-state index in [2.05, 4.69) is 36.9 Å². The third-order valence-corrected chi connectivity index (χ3v) is 9.18.